The van der Waals surface area contributed by atoms with E-state index in [4.69, 9.17) is 5.73 Å². The Kier molecular flexibility index (Phi) is 4.98. The Bertz CT molecular complexity index is 542. The van der Waals surface area contributed by atoms with E-state index < -0.39 is 11.9 Å². The van der Waals surface area contributed by atoms with Gasteiger partial charge in [-0.15, -0.1) is 0 Å². The maximum absolute atomic E-state index is 12.3. The van der Waals surface area contributed by atoms with Gasteiger partial charge in [0.25, 0.3) is 5.91 Å². The number of nitrogens with one attached hydrogen (secondary N) is 2. The quantitative estimate of drug-likeness (QED) is 0.765. The second-order valence-corrected chi connectivity index (χ2v) is 6.10. The molecule has 0 saturated carbocycles. The van der Waals surface area contributed by atoms with E-state index in [1.54, 1.807) is 13.8 Å². The van der Waals surface area contributed by atoms with Crippen molar-refractivity contribution < 1.29 is 9.59 Å². The topological polar surface area (TPSA) is 102 Å². The number of nitrogens with zero attached hydrogens (tertiary/aromatic N) is 2. The molecule has 1 aromatic heterocycles. The molecule has 1 atom stereocenters. The van der Waals surface area contributed by atoms with Gasteiger partial charge in [0.15, 0.2) is 0 Å². The lowest BCUT2D eigenvalue weighted by molar-refractivity contribution is -0.124. The van der Waals surface area contributed by atoms with Crippen LogP contribution in [0.5, 0.6) is 0 Å². The zero-order valence-corrected chi connectivity index (χ0v) is 13.6. The summed E-state index contributed by atoms with van der Waals surface area (Å²) < 4.78 is 1.54. The maximum atomic E-state index is 12.3. The summed E-state index contributed by atoms with van der Waals surface area (Å²) in [5.74, 6) is -0.639. The molecule has 7 heteroatoms. The number of rotatable bonds is 4. The number of amides is 2. The van der Waals surface area contributed by atoms with E-state index in [2.05, 4.69) is 15.7 Å². The molecule has 0 aliphatic rings. The van der Waals surface area contributed by atoms with Crippen LogP contribution in [0.3, 0.4) is 0 Å². The minimum atomic E-state index is -0.656. The van der Waals surface area contributed by atoms with Crippen LogP contribution in [0.25, 0.3) is 0 Å². The smallest absolute Gasteiger partial charge is 0.272 e. The summed E-state index contributed by atoms with van der Waals surface area (Å²) in [6, 6.07) is -0.656. The molecule has 0 fully saturated rings. The molecule has 0 spiro atoms. The predicted molar refractivity (Wildman–Crippen MR) is 81.9 cm³/mol. The minimum Gasteiger partial charge on any atom is -0.395 e. The van der Waals surface area contributed by atoms with E-state index in [9.17, 15) is 9.59 Å². The summed E-state index contributed by atoms with van der Waals surface area (Å²) >= 11 is 0. The molecule has 2 amide bonds. The molecule has 1 unspecified atom stereocenters. The Balaban J connectivity index is 2.84. The third kappa shape index (κ3) is 4.21. The van der Waals surface area contributed by atoms with Crippen molar-refractivity contribution in [1.82, 2.24) is 20.4 Å². The van der Waals surface area contributed by atoms with Gasteiger partial charge in [-0.3, -0.25) is 14.3 Å². The van der Waals surface area contributed by atoms with Crippen molar-refractivity contribution in [3.05, 3.63) is 11.4 Å². The number of carbonyl (C=O) groups excluding carboxylic acids is 2. The predicted octanol–water partition coefficient (Wildman–Crippen LogP) is 0.827. The molecule has 4 N–H and O–H groups in total. The third-order valence-corrected chi connectivity index (χ3v) is 2.93. The monoisotopic (exact) mass is 295 g/mol. The fourth-order valence-corrected chi connectivity index (χ4v) is 1.87. The van der Waals surface area contributed by atoms with Crippen LogP contribution in [0, 0.1) is 6.92 Å². The zero-order chi connectivity index (χ0) is 16.4. The van der Waals surface area contributed by atoms with Crippen molar-refractivity contribution in [3.63, 3.8) is 0 Å². The molecule has 0 bridgehead atoms. The van der Waals surface area contributed by atoms with Gasteiger partial charge in [-0.05, 0) is 41.5 Å². The molecule has 0 aliphatic heterocycles. The summed E-state index contributed by atoms with van der Waals surface area (Å²) in [6.45, 7) is 11.4. The van der Waals surface area contributed by atoms with Gasteiger partial charge in [0, 0.05) is 12.1 Å². The second-order valence-electron chi connectivity index (χ2n) is 6.10. The van der Waals surface area contributed by atoms with E-state index in [-0.39, 0.29) is 11.4 Å². The van der Waals surface area contributed by atoms with Crippen LogP contribution >= 0.6 is 0 Å². The van der Waals surface area contributed by atoms with E-state index in [0.717, 1.165) is 0 Å². The third-order valence-electron chi connectivity index (χ3n) is 2.93. The van der Waals surface area contributed by atoms with Gasteiger partial charge in [-0.1, -0.05) is 0 Å². The van der Waals surface area contributed by atoms with Gasteiger partial charge < -0.3 is 16.4 Å². The number of carbonyl (C=O) groups is 2. The molecular formula is C14H25N5O2. The number of aromatic nitrogens is 2. The first-order valence-electron chi connectivity index (χ1n) is 7.02. The molecule has 118 valence electrons. The number of nitrogens with two attached hydrogens (primary N) is 1. The van der Waals surface area contributed by atoms with E-state index in [1.807, 2.05) is 27.7 Å². The Morgan fingerprint density at radius 2 is 1.95 bits per heavy atom. The minimum absolute atomic E-state index is 0.242. The van der Waals surface area contributed by atoms with Gasteiger partial charge in [0.2, 0.25) is 5.91 Å². The summed E-state index contributed by atoms with van der Waals surface area (Å²) in [4.78, 5) is 24.3. The first-order chi connectivity index (χ1) is 9.56. The number of anilines is 1. The fraction of sp³-hybridized carbons (Fsp3) is 0.643. The SMILES string of the molecule is CCn1nc(C)c(N)c1C(=O)NC(C)C(=O)NC(C)(C)C. The van der Waals surface area contributed by atoms with E-state index >= 15 is 0 Å². The highest BCUT2D eigenvalue weighted by molar-refractivity contribution is 6.00. The van der Waals surface area contributed by atoms with Crippen LogP contribution in [0.15, 0.2) is 0 Å². The number of hydrogen-bond acceptors (Lipinski definition) is 4. The van der Waals surface area contributed by atoms with Crippen molar-refractivity contribution in [3.8, 4) is 0 Å². The molecule has 1 aromatic rings. The van der Waals surface area contributed by atoms with Gasteiger partial charge in [-0.25, -0.2) is 0 Å². The van der Waals surface area contributed by atoms with Gasteiger partial charge >= 0.3 is 0 Å². The highest BCUT2D eigenvalue weighted by Gasteiger charge is 2.24. The highest BCUT2D eigenvalue weighted by atomic mass is 16.2. The largest absolute Gasteiger partial charge is 0.395 e. The Labute approximate surface area is 125 Å². The molecule has 1 heterocycles. The van der Waals surface area contributed by atoms with Crippen molar-refractivity contribution in [1.29, 1.82) is 0 Å². The van der Waals surface area contributed by atoms with Crippen LogP contribution in [0.4, 0.5) is 5.69 Å². The first-order valence-corrected chi connectivity index (χ1v) is 7.02. The molecule has 0 radical (unpaired) electrons. The average Bonchev–Trinajstić information content (AvgIpc) is 2.63. The van der Waals surface area contributed by atoms with Crippen molar-refractivity contribution >= 4 is 17.5 Å². The Hall–Kier alpha value is -2.05. The molecule has 21 heavy (non-hydrogen) atoms. The van der Waals surface area contributed by atoms with E-state index in [0.29, 0.717) is 23.6 Å². The van der Waals surface area contributed by atoms with Crippen LogP contribution < -0.4 is 16.4 Å². The molecular weight excluding hydrogens is 270 g/mol. The molecule has 0 saturated heterocycles. The van der Waals surface area contributed by atoms with Crippen LogP contribution in [-0.4, -0.2) is 33.2 Å². The molecule has 1 rings (SSSR count). The lowest BCUT2D eigenvalue weighted by Crippen LogP contribution is -2.51. The number of hydrogen-bond donors (Lipinski definition) is 3. The zero-order valence-electron chi connectivity index (χ0n) is 13.6. The van der Waals surface area contributed by atoms with Crippen LogP contribution in [0.1, 0.15) is 50.8 Å². The molecule has 7 nitrogen and oxygen atoms in total. The lowest BCUT2D eigenvalue weighted by Gasteiger charge is -2.23. The van der Waals surface area contributed by atoms with E-state index in [1.165, 1.54) is 4.68 Å². The first kappa shape index (κ1) is 17.0. The number of nitrogen functional groups attached to an aromatic ring is 1. The summed E-state index contributed by atoms with van der Waals surface area (Å²) in [5.41, 5.74) is 6.79. The summed E-state index contributed by atoms with van der Waals surface area (Å²) in [5, 5.41) is 9.66. The standard InChI is InChI=1S/C14H25N5O2/c1-7-19-11(10(15)8(2)18-19)13(21)16-9(3)12(20)17-14(4,5)6/h9H,7,15H2,1-6H3,(H,16,21)(H,17,20). The Morgan fingerprint density at radius 3 is 2.43 bits per heavy atom. The molecule has 0 aromatic carbocycles. The van der Waals surface area contributed by atoms with Gasteiger partial charge in [0.1, 0.15) is 11.7 Å². The van der Waals surface area contributed by atoms with Crippen LogP contribution in [-0.2, 0) is 11.3 Å². The average molecular weight is 295 g/mol. The number of aryl methyl sites for hydroxylation is 2. The lowest BCUT2D eigenvalue weighted by atomic mass is 10.1. The second kappa shape index (κ2) is 6.15. The van der Waals surface area contributed by atoms with Crippen molar-refractivity contribution in [2.45, 2.75) is 59.7 Å². The normalized spacial score (nSPS) is 12.9. The van der Waals surface area contributed by atoms with Gasteiger partial charge in [-0.2, -0.15) is 5.10 Å². The maximum Gasteiger partial charge on any atom is 0.272 e. The highest BCUT2D eigenvalue weighted by Crippen LogP contribution is 2.16. The van der Waals surface area contributed by atoms with Crippen molar-refractivity contribution in [2.24, 2.45) is 0 Å². The van der Waals surface area contributed by atoms with Crippen LogP contribution in [0.2, 0.25) is 0 Å². The Morgan fingerprint density at radius 1 is 1.38 bits per heavy atom. The summed E-state index contributed by atoms with van der Waals surface area (Å²) in [6.07, 6.45) is 0. The van der Waals surface area contributed by atoms with Gasteiger partial charge in [0.05, 0.1) is 11.4 Å². The summed E-state index contributed by atoms with van der Waals surface area (Å²) in [7, 11) is 0. The molecule has 0 aliphatic carbocycles. The van der Waals surface area contributed by atoms with Crippen molar-refractivity contribution in [2.75, 3.05) is 5.73 Å². The fourth-order valence-electron chi connectivity index (χ4n) is 1.87.